The second kappa shape index (κ2) is 9.18. The fraction of sp³-hybridized carbons (Fsp3) is 0.217. The molecule has 2 heterocycles. The van der Waals surface area contributed by atoms with Gasteiger partial charge in [-0.1, -0.05) is 36.8 Å². The molecule has 0 saturated carbocycles. The molecule has 4 rings (SSSR count). The van der Waals surface area contributed by atoms with Gasteiger partial charge in [0.05, 0.1) is 5.57 Å². The minimum atomic E-state index is -0.436. The molecule has 0 radical (unpaired) electrons. The SMILES string of the molecule is CCC1=NN2C(=N)/C(=C\c3cccc(OCCOc4ccc(C)cc4)c3)C(=O)N=C2S1. The monoisotopic (exact) mass is 434 g/mol. The maximum absolute atomic E-state index is 12.5. The molecule has 2 aromatic rings. The van der Waals surface area contributed by atoms with Crippen molar-refractivity contribution in [1.82, 2.24) is 5.01 Å². The summed E-state index contributed by atoms with van der Waals surface area (Å²) in [7, 11) is 0. The van der Waals surface area contributed by atoms with Crippen LogP contribution in [0.1, 0.15) is 24.5 Å². The summed E-state index contributed by atoms with van der Waals surface area (Å²) in [5.41, 5.74) is 2.13. The molecule has 31 heavy (non-hydrogen) atoms. The van der Waals surface area contributed by atoms with Gasteiger partial charge < -0.3 is 9.47 Å². The molecule has 0 saturated heterocycles. The number of hydrogen-bond donors (Lipinski definition) is 1. The predicted octanol–water partition coefficient (Wildman–Crippen LogP) is 4.48. The van der Waals surface area contributed by atoms with Gasteiger partial charge in [-0.15, -0.1) is 0 Å². The summed E-state index contributed by atoms with van der Waals surface area (Å²) in [5.74, 6) is 1.05. The summed E-state index contributed by atoms with van der Waals surface area (Å²) in [4.78, 5) is 16.5. The van der Waals surface area contributed by atoms with Crippen molar-refractivity contribution in [3.63, 3.8) is 0 Å². The normalized spacial score (nSPS) is 16.8. The zero-order chi connectivity index (χ0) is 21.8. The Labute approximate surface area is 185 Å². The highest BCUT2D eigenvalue weighted by atomic mass is 32.2. The number of carbonyl (C=O) groups is 1. The number of nitrogens with zero attached hydrogens (tertiary/aromatic N) is 3. The fourth-order valence-electron chi connectivity index (χ4n) is 2.99. The second-order valence-corrected chi connectivity index (χ2v) is 7.99. The molecule has 0 bridgehead atoms. The van der Waals surface area contributed by atoms with Gasteiger partial charge in [-0.2, -0.15) is 15.1 Å². The number of amides is 1. The Morgan fingerprint density at radius 1 is 1.10 bits per heavy atom. The molecule has 8 heteroatoms. The van der Waals surface area contributed by atoms with E-state index in [0.29, 0.717) is 24.1 Å². The Bertz CT molecular complexity index is 1110. The number of hydrogen-bond acceptors (Lipinski definition) is 6. The third-order valence-electron chi connectivity index (χ3n) is 4.61. The highest BCUT2D eigenvalue weighted by molar-refractivity contribution is 8.26. The van der Waals surface area contributed by atoms with E-state index in [9.17, 15) is 4.79 Å². The summed E-state index contributed by atoms with van der Waals surface area (Å²) in [5, 5.41) is 15.4. The molecule has 0 spiro atoms. The number of amidine groups is 2. The number of fused-ring (bicyclic) bond motifs is 1. The van der Waals surface area contributed by atoms with Crippen LogP contribution in [0.15, 0.2) is 64.2 Å². The van der Waals surface area contributed by atoms with E-state index >= 15 is 0 Å². The van der Waals surface area contributed by atoms with Gasteiger partial charge in [0.2, 0.25) is 5.17 Å². The van der Waals surface area contributed by atoms with E-state index in [1.54, 1.807) is 6.08 Å². The molecule has 0 atom stereocenters. The molecule has 1 amide bonds. The number of aliphatic imine (C=N–C) groups is 1. The third-order valence-corrected chi connectivity index (χ3v) is 5.66. The first-order valence-corrected chi connectivity index (χ1v) is 10.8. The van der Waals surface area contributed by atoms with Crippen LogP contribution in [0, 0.1) is 12.3 Å². The molecule has 2 aliphatic heterocycles. The van der Waals surface area contributed by atoms with E-state index in [4.69, 9.17) is 14.9 Å². The van der Waals surface area contributed by atoms with E-state index in [0.717, 1.165) is 22.8 Å². The smallest absolute Gasteiger partial charge is 0.283 e. The van der Waals surface area contributed by atoms with Crippen LogP contribution in [0.3, 0.4) is 0 Å². The van der Waals surface area contributed by atoms with Crippen LogP contribution in [0.4, 0.5) is 0 Å². The van der Waals surface area contributed by atoms with Crippen molar-refractivity contribution in [3.8, 4) is 11.5 Å². The van der Waals surface area contributed by atoms with Crippen LogP contribution in [-0.2, 0) is 4.79 Å². The molecule has 1 N–H and O–H groups in total. The van der Waals surface area contributed by atoms with E-state index < -0.39 is 5.91 Å². The Morgan fingerprint density at radius 2 is 1.84 bits per heavy atom. The van der Waals surface area contributed by atoms with Gasteiger partial charge in [0, 0.05) is 0 Å². The Balaban J connectivity index is 1.40. The lowest BCUT2D eigenvalue weighted by Crippen LogP contribution is -2.35. The lowest BCUT2D eigenvalue weighted by atomic mass is 10.1. The topological polar surface area (TPSA) is 87.3 Å². The van der Waals surface area contributed by atoms with Crippen LogP contribution >= 0.6 is 11.8 Å². The van der Waals surface area contributed by atoms with Crippen molar-refractivity contribution in [2.24, 2.45) is 10.1 Å². The molecule has 158 valence electrons. The zero-order valence-electron chi connectivity index (χ0n) is 17.3. The van der Waals surface area contributed by atoms with E-state index in [-0.39, 0.29) is 11.4 Å². The summed E-state index contributed by atoms with van der Waals surface area (Å²) in [6.07, 6.45) is 2.37. The minimum Gasteiger partial charge on any atom is -0.490 e. The molecule has 0 fully saturated rings. The number of aryl methyl sites for hydroxylation is 1. The molecule has 0 aromatic heterocycles. The fourth-order valence-corrected chi connectivity index (χ4v) is 3.81. The first-order valence-electron chi connectivity index (χ1n) is 9.95. The highest BCUT2D eigenvalue weighted by Gasteiger charge is 2.35. The summed E-state index contributed by atoms with van der Waals surface area (Å²) < 4.78 is 11.5. The number of nitrogens with one attached hydrogen (secondary N) is 1. The van der Waals surface area contributed by atoms with Crippen molar-refractivity contribution >= 4 is 39.8 Å². The minimum absolute atomic E-state index is 0.0313. The van der Waals surface area contributed by atoms with Crippen molar-refractivity contribution < 1.29 is 14.3 Å². The van der Waals surface area contributed by atoms with Crippen molar-refractivity contribution in [1.29, 1.82) is 5.41 Å². The molecule has 0 unspecified atom stereocenters. The van der Waals surface area contributed by atoms with Crippen LogP contribution in [0.5, 0.6) is 11.5 Å². The van der Waals surface area contributed by atoms with Gasteiger partial charge in [0.15, 0.2) is 5.84 Å². The van der Waals surface area contributed by atoms with Crippen LogP contribution in [0.2, 0.25) is 0 Å². The van der Waals surface area contributed by atoms with Gasteiger partial charge in [-0.3, -0.25) is 10.2 Å². The number of rotatable bonds is 7. The number of hydrazone groups is 1. The average Bonchev–Trinajstić information content (AvgIpc) is 3.19. The molecule has 2 aromatic carbocycles. The van der Waals surface area contributed by atoms with E-state index in [2.05, 4.69) is 10.1 Å². The number of ether oxygens (including phenoxy) is 2. The predicted molar refractivity (Wildman–Crippen MR) is 124 cm³/mol. The van der Waals surface area contributed by atoms with Gasteiger partial charge in [0.1, 0.15) is 29.8 Å². The number of carbonyl (C=O) groups excluding carboxylic acids is 1. The van der Waals surface area contributed by atoms with Crippen LogP contribution in [0.25, 0.3) is 6.08 Å². The highest BCUT2D eigenvalue weighted by Crippen LogP contribution is 2.29. The molecule has 7 nitrogen and oxygen atoms in total. The van der Waals surface area contributed by atoms with Gasteiger partial charge in [-0.25, -0.2) is 0 Å². The quantitative estimate of drug-likeness (QED) is 0.513. The third kappa shape index (κ3) is 4.86. The first kappa shape index (κ1) is 20.9. The first-order chi connectivity index (χ1) is 15.0. The Morgan fingerprint density at radius 3 is 2.58 bits per heavy atom. The lowest BCUT2D eigenvalue weighted by Gasteiger charge is -2.20. The van der Waals surface area contributed by atoms with Crippen LogP contribution in [-0.4, -0.2) is 40.2 Å². The Kier molecular flexibility index (Phi) is 6.18. The van der Waals surface area contributed by atoms with Crippen molar-refractivity contribution in [3.05, 3.63) is 65.2 Å². The van der Waals surface area contributed by atoms with Crippen molar-refractivity contribution in [2.75, 3.05) is 13.2 Å². The lowest BCUT2D eigenvalue weighted by molar-refractivity contribution is -0.114. The summed E-state index contributed by atoms with van der Waals surface area (Å²) in [6, 6.07) is 15.2. The van der Waals surface area contributed by atoms with Crippen molar-refractivity contribution in [2.45, 2.75) is 20.3 Å². The average molecular weight is 435 g/mol. The Hall–Kier alpha value is -3.39. The summed E-state index contributed by atoms with van der Waals surface area (Å²) >= 11 is 1.33. The molecule has 0 aliphatic carbocycles. The van der Waals surface area contributed by atoms with E-state index in [1.807, 2.05) is 62.4 Å². The number of thioether (sulfide) groups is 1. The van der Waals surface area contributed by atoms with Crippen LogP contribution < -0.4 is 9.47 Å². The largest absolute Gasteiger partial charge is 0.490 e. The molecule has 2 aliphatic rings. The number of benzene rings is 2. The maximum atomic E-state index is 12.5. The van der Waals surface area contributed by atoms with E-state index in [1.165, 1.54) is 22.3 Å². The molecular weight excluding hydrogens is 412 g/mol. The maximum Gasteiger partial charge on any atom is 0.283 e. The van der Waals surface area contributed by atoms with Gasteiger partial charge in [-0.05, 0) is 61.0 Å². The van der Waals surface area contributed by atoms with Gasteiger partial charge >= 0.3 is 0 Å². The zero-order valence-corrected chi connectivity index (χ0v) is 18.1. The van der Waals surface area contributed by atoms with Gasteiger partial charge in [0.25, 0.3) is 5.91 Å². The summed E-state index contributed by atoms with van der Waals surface area (Å²) in [6.45, 7) is 4.81. The standard InChI is InChI=1S/C23H22N4O3S/c1-3-20-26-27-21(24)19(22(28)25-23(27)31-20)14-16-5-4-6-18(13-16)30-12-11-29-17-9-7-15(2)8-10-17/h4-10,13-14,24H,3,11-12H2,1-2H3/b19-14+,24-21?. The second-order valence-electron chi connectivity index (χ2n) is 6.95. The molecular formula is C23H22N4O3S.